The van der Waals surface area contributed by atoms with Gasteiger partial charge in [-0.3, -0.25) is 9.58 Å². The average molecular weight is 298 g/mol. The Labute approximate surface area is 125 Å². The molecule has 0 spiro atoms. The molecule has 1 N–H and O–H groups in total. The lowest BCUT2D eigenvalue weighted by Crippen LogP contribution is -2.50. The van der Waals surface area contributed by atoms with Gasteiger partial charge in [0.2, 0.25) is 0 Å². The largest absolute Gasteiger partial charge is 0.385 e. The third-order valence-electron chi connectivity index (χ3n) is 5.11. The predicted molar refractivity (Wildman–Crippen MR) is 79.9 cm³/mol. The van der Waals surface area contributed by atoms with Crippen LogP contribution in [0.25, 0.3) is 0 Å². The SMILES string of the molecule is CCn1ncc(Cl)c1C(O)C1(N2CCCC2)CCCC1. The molecule has 112 valence electrons. The molecule has 1 aliphatic carbocycles. The van der Waals surface area contributed by atoms with Gasteiger partial charge in [-0.15, -0.1) is 0 Å². The summed E-state index contributed by atoms with van der Waals surface area (Å²) >= 11 is 6.30. The Hall–Kier alpha value is -0.580. The van der Waals surface area contributed by atoms with Gasteiger partial charge in [0.1, 0.15) is 6.10 Å². The summed E-state index contributed by atoms with van der Waals surface area (Å²) in [5.74, 6) is 0. The molecule has 1 atom stereocenters. The second-order valence-corrected chi connectivity index (χ2v) is 6.51. The van der Waals surface area contributed by atoms with Crippen LogP contribution in [0.1, 0.15) is 57.2 Å². The molecular formula is C15H24ClN3O. The number of likely N-dealkylation sites (tertiary alicyclic amines) is 1. The number of nitrogens with zero attached hydrogens (tertiary/aromatic N) is 3. The number of halogens is 1. The Balaban J connectivity index is 1.96. The molecule has 1 saturated heterocycles. The molecule has 0 radical (unpaired) electrons. The lowest BCUT2D eigenvalue weighted by Gasteiger charge is -2.42. The van der Waals surface area contributed by atoms with Crippen LogP contribution in [-0.4, -0.2) is 38.4 Å². The van der Waals surface area contributed by atoms with Gasteiger partial charge < -0.3 is 5.11 Å². The summed E-state index contributed by atoms with van der Waals surface area (Å²) in [5, 5.41) is 16.0. The first-order valence-corrected chi connectivity index (χ1v) is 8.21. The molecule has 1 aromatic heterocycles. The van der Waals surface area contributed by atoms with Gasteiger partial charge in [0.05, 0.1) is 22.5 Å². The van der Waals surface area contributed by atoms with Gasteiger partial charge in [-0.05, 0) is 45.7 Å². The van der Waals surface area contributed by atoms with E-state index >= 15 is 0 Å². The lowest BCUT2D eigenvalue weighted by molar-refractivity contribution is -0.0241. The first-order valence-electron chi connectivity index (χ1n) is 7.83. The fraction of sp³-hybridized carbons (Fsp3) is 0.800. The van der Waals surface area contributed by atoms with E-state index in [1.54, 1.807) is 6.20 Å². The summed E-state index contributed by atoms with van der Waals surface area (Å²) in [7, 11) is 0. The van der Waals surface area contributed by atoms with Gasteiger partial charge in [-0.2, -0.15) is 5.10 Å². The number of aryl methyl sites for hydroxylation is 1. The third-order valence-corrected chi connectivity index (χ3v) is 5.40. The number of hydrogen-bond donors (Lipinski definition) is 1. The number of aliphatic hydroxyl groups is 1. The predicted octanol–water partition coefficient (Wildman–Crippen LogP) is 3.00. The molecule has 2 fully saturated rings. The molecule has 1 aliphatic heterocycles. The van der Waals surface area contributed by atoms with Crippen LogP contribution in [0.3, 0.4) is 0 Å². The van der Waals surface area contributed by atoms with Crippen molar-refractivity contribution >= 4 is 11.6 Å². The van der Waals surface area contributed by atoms with Crippen molar-refractivity contribution in [1.29, 1.82) is 0 Å². The summed E-state index contributed by atoms with van der Waals surface area (Å²) in [4.78, 5) is 2.51. The van der Waals surface area contributed by atoms with Crippen molar-refractivity contribution in [1.82, 2.24) is 14.7 Å². The van der Waals surface area contributed by atoms with Gasteiger partial charge in [-0.25, -0.2) is 0 Å². The first-order chi connectivity index (χ1) is 9.69. The summed E-state index contributed by atoms with van der Waals surface area (Å²) in [6.45, 7) is 5.00. The minimum Gasteiger partial charge on any atom is -0.385 e. The van der Waals surface area contributed by atoms with Crippen molar-refractivity contribution in [3.63, 3.8) is 0 Å². The highest BCUT2D eigenvalue weighted by atomic mass is 35.5. The molecular weight excluding hydrogens is 274 g/mol. The minimum atomic E-state index is -0.530. The molecule has 2 heterocycles. The Kier molecular flexibility index (Phi) is 4.07. The molecule has 1 unspecified atom stereocenters. The van der Waals surface area contributed by atoms with E-state index in [9.17, 15) is 5.11 Å². The monoisotopic (exact) mass is 297 g/mol. The minimum absolute atomic E-state index is 0.118. The van der Waals surface area contributed by atoms with Crippen LogP contribution >= 0.6 is 11.6 Å². The topological polar surface area (TPSA) is 41.3 Å². The highest BCUT2D eigenvalue weighted by Gasteiger charge is 2.48. The zero-order chi connectivity index (χ0) is 14.2. The first kappa shape index (κ1) is 14.4. The van der Waals surface area contributed by atoms with Crippen molar-refractivity contribution < 1.29 is 5.11 Å². The van der Waals surface area contributed by atoms with Crippen LogP contribution in [0.2, 0.25) is 5.02 Å². The van der Waals surface area contributed by atoms with Crippen LogP contribution in [-0.2, 0) is 6.54 Å². The van der Waals surface area contributed by atoms with Crippen molar-refractivity contribution in [2.45, 2.75) is 63.6 Å². The average Bonchev–Trinajstić information content (AvgIpc) is 3.18. The quantitative estimate of drug-likeness (QED) is 0.929. The maximum atomic E-state index is 11.1. The smallest absolute Gasteiger partial charge is 0.115 e. The van der Waals surface area contributed by atoms with E-state index < -0.39 is 6.10 Å². The molecule has 0 aromatic carbocycles. The molecule has 1 saturated carbocycles. The van der Waals surface area contributed by atoms with Crippen LogP contribution < -0.4 is 0 Å². The lowest BCUT2D eigenvalue weighted by atomic mass is 9.86. The van der Waals surface area contributed by atoms with Crippen LogP contribution in [0.5, 0.6) is 0 Å². The van der Waals surface area contributed by atoms with Crippen molar-refractivity contribution in [3.05, 3.63) is 16.9 Å². The van der Waals surface area contributed by atoms with Crippen LogP contribution in [0.4, 0.5) is 0 Å². The Morgan fingerprint density at radius 1 is 1.30 bits per heavy atom. The van der Waals surface area contributed by atoms with Crippen LogP contribution in [0, 0.1) is 0 Å². The highest BCUT2D eigenvalue weighted by Crippen LogP contribution is 2.47. The molecule has 0 amide bonds. The molecule has 2 aliphatic rings. The number of hydrogen-bond acceptors (Lipinski definition) is 3. The summed E-state index contributed by atoms with van der Waals surface area (Å²) in [5.41, 5.74) is 0.690. The molecule has 0 bridgehead atoms. The number of aromatic nitrogens is 2. The molecule has 20 heavy (non-hydrogen) atoms. The van der Waals surface area contributed by atoms with Crippen molar-refractivity contribution in [3.8, 4) is 0 Å². The van der Waals surface area contributed by atoms with E-state index in [-0.39, 0.29) is 5.54 Å². The second kappa shape index (κ2) is 5.66. The van der Waals surface area contributed by atoms with Gasteiger partial charge >= 0.3 is 0 Å². The zero-order valence-electron chi connectivity index (χ0n) is 12.2. The van der Waals surface area contributed by atoms with Crippen LogP contribution in [0.15, 0.2) is 6.20 Å². The fourth-order valence-electron chi connectivity index (χ4n) is 4.06. The van der Waals surface area contributed by atoms with E-state index in [0.717, 1.165) is 38.2 Å². The van der Waals surface area contributed by atoms with Gasteiger partial charge in [-0.1, -0.05) is 24.4 Å². The summed E-state index contributed by atoms with van der Waals surface area (Å²) in [6, 6.07) is 0. The molecule has 4 nitrogen and oxygen atoms in total. The maximum Gasteiger partial charge on any atom is 0.115 e. The van der Waals surface area contributed by atoms with E-state index in [1.807, 2.05) is 11.6 Å². The molecule has 1 aromatic rings. The van der Waals surface area contributed by atoms with E-state index in [1.165, 1.54) is 25.7 Å². The third kappa shape index (κ3) is 2.18. The summed E-state index contributed by atoms with van der Waals surface area (Å²) in [6.07, 6.45) is 8.16. The highest BCUT2D eigenvalue weighted by molar-refractivity contribution is 6.31. The molecule has 5 heteroatoms. The fourth-order valence-corrected chi connectivity index (χ4v) is 4.31. The normalized spacial score (nSPS) is 24.4. The van der Waals surface area contributed by atoms with Crippen molar-refractivity contribution in [2.24, 2.45) is 0 Å². The second-order valence-electron chi connectivity index (χ2n) is 6.10. The van der Waals surface area contributed by atoms with Gasteiger partial charge in [0, 0.05) is 6.54 Å². The van der Waals surface area contributed by atoms with Gasteiger partial charge in [0.25, 0.3) is 0 Å². The standard InChI is InChI=1S/C15H24ClN3O/c1-2-19-13(12(16)11-17-19)14(20)15(7-3-4-8-15)18-9-5-6-10-18/h11,14,20H,2-10H2,1H3. The Bertz CT molecular complexity index is 462. The van der Waals surface area contributed by atoms with E-state index in [0.29, 0.717) is 5.02 Å². The number of aliphatic hydroxyl groups excluding tert-OH is 1. The van der Waals surface area contributed by atoms with Crippen molar-refractivity contribution in [2.75, 3.05) is 13.1 Å². The zero-order valence-corrected chi connectivity index (χ0v) is 12.9. The van der Waals surface area contributed by atoms with Gasteiger partial charge in [0.15, 0.2) is 0 Å². The van der Waals surface area contributed by atoms with E-state index in [2.05, 4.69) is 10.00 Å². The molecule has 3 rings (SSSR count). The Morgan fingerprint density at radius 3 is 2.55 bits per heavy atom. The summed E-state index contributed by atoms with van der Waals surface area (Å²) < 4.78 is 1.85. The maximum absolute atomic E-state index is 11.1. The number of rotatable bonds is 4. The Morgan fingerprint density at radius 2 is 1.95 bits per heavy atom. The van der Waals surface area contributed by atoms with E-state index in [4.69, 9.17) is 11.6 Å².